The van der Waals surface area contributed by atoms with Gasteiger partial charge in [-0.2, -0.15) is 5.10 Å². The van der Waals surface area contributed by atoms with Crippen LogP contribution in [0.5, 0.6) is 0 Å². The average Bonchev–Trinajstić information content (AvgIpc) is 2.62. The predicted octanol–water partition coefficient (Wildman–Crippen LogP) is 3.18. The van der Waals surface area contributed by atoms with Crippen molar-refractivity contribution in [1.29, 1.82) is 0 Å². The van der Waals surface area contributed by atoms with Gasteiger partial charge in [-0.1, -0.05) is 20.8 Å². The Morgan fingerprint density at radius 3 is 2.75 bits per heavy atom. The van der Waals surface area contributed by atoms with E-state index >= 15 is 0 Å². The molecule has 2 rings (SSSR count). The zero-order chi connectivity index (χ0) is 11.9. The minimum Gasteiger partial charge on any atom is -0.273 e. The first-order chi connectivity index (χ1) is 7.50. The molecule has 0 aromatic carbocycles. The number of hydrogen-bond acceptors (Lipinski definition) is 2. The second kappa shape index (κ2) is 4.04. The first-order valence-electron chi connectivity index (χ1n) is 6.11. The van der Waals surface area contributed by atoms with Crippen LogP contribution in [-0.4, -0.2) is 15.7 Å². The van der Waals surface area contributed by atoms with Crippen LogP contribution >= 0.6 is 0 Å². The molecule has 1 aliphatic carbocycles. The fourth-order valence-electron chi connectivity index (χ4n) is 2.60. The topological polar surface area (TPSA) is 34.9 Å². The van der Waals surface area contributed by atoms with Gasteiger partial charge in [-0.05, 0) is 30.2 Å². The molecule has 2 atom stereocenters. The molecule has 0 aliphatic heterocycles. The summed E-state index contributed by atoms with van der Waals surface area (Å²) in [6, 6.07) is 0. The molecular weight excluding hydrogens is 200 g/mol. The lowest BCUT2D eigenvalue weighted by molar-refractivity contribution is 0.0920. The summed E-state index contributed by atoms with van der Waals surface area (Å²) in [6.45, 7) is 8.25. The van der Waals surface area contributed by atoms with Gasteiger partial charge in [0.2, 0.25) is 5.91 Å². The maximum Gasteiger partial charge on any atom is 0.243 e. The predicted molar refractivity (Wildman–Crippen MR) is 63.8 cm³/mol. The highest BCUT2D eigenvalue weighted by Crippen LogP contribution is 2.41. The average molecular weight is 220 g/mol. The number of nitrogens with zero attached hydrogens (tertiary/aromatic N) is 2. The zero-order valence-corrected chi connectivity index (χ0v) is 10.5. The summed E-state index contributed by atoms with van der Waals surface area (Å²) in [4.78, 5) is 11.3. The van der Waals surface area contributed by atoms with E-state index < -0.39 is 0 Å². The summed E-state index contributed by atoms with van der Waals surface area (Å²) in [5, 5.41) is 4.47. The number of aromatic nitrogens is 2. The Kier molecular flexibility index (Phi) is 2.87. The van der Waals surface area contributed by atoms with E-state index in [1.165, 1.54) is 23.1 Å². The standard InChI is InChI=1S/C13H20N2O/c1-8(2)11-6-5-9(3)12-7-15(10(4)16)14-13(11)12/h7-9,11H,5-6H2,1-4H3/t9-,11-/m1/s1. The van der Waals surface area contributed by atoms with Crippen LogP contribution in [0, 0.1) is 5.92 Å². The SMILES string of the molecule is CC(=O)n1cc2c(n1)[C@@H](C(C)C)CC[C@H]2C. The smallest absolute Gasteiger partial charge is 0.243 e. The lowest BCUT2D eigenvalue weighted by atomic mass is 9.77. The highest BCUT2D eigenvalue weighted by atomic mass is 16.2. The Morgan fingerprint density at radius 2 is 2.19 bits per heavy atom. The van der Waals surface area contributed by atoms with Crippen LogP contribution in [-0.2, 0) is 0 Å². The van der Waals surface area contributed by atoms with E-state index in [2.05, 4.69) is 25.9 Å². The number of rotatable bonds is 1. The van der Waals surface area contributed by atoms with Gasteiger partial charge in [-0.25, -0.2) is 4.68 Å². The second-order valence-electron chi connectivity index (χ2n) is 5.26. The Hall–Kier alpha value is -1.12. The van der Waals surface area contributed by atoms with E-state index in [0.717, 1.165) is 5.69 Å². The van der Waals surface area contributed by atoms with Gasteiger partial charge in [0.15, 0.2) is 0 Å². The van der Waals surface area contributed by atoms with Gasteiger partial charge in [-0.3, -0.25) is 4.79 Å². The highest BCUT2D eigenvalue weighted by Gasteiger charge is 2.30. The van der Waals surface area contributed by atoms with Crippen molar-refractivity contribution in [3.05, 3.63) is 17.5 Å². The lowest BCUT2D eigenvalue weighted by Crippen LogP contribution is -2.16. The van der Waals surface area contributed by atoms with Gasteiger partial charge in [0.05, 0.1) is 5.69 Å². The Balaban J connectivity index is 2.44. The minimum absolute atomic E-state index is 0.00380. The van der Waals surface area contributed by atoms with Crippen molar-refractivity contribution in [2.24, 2.45) is 5.92 Å². The molecule has 3 heteroatoms. The van der Waals surface area contributed by atoms with Gasteiger partial charge in [0.1, 0.15) is 0 Å². The van der Waals surface area contributed by atoms with E-state index in [9.17, 15) is 4.79 Å². The quantitative estimate of drug-likeness (QED) is 0.728. The zero-order valence-electron chi connectivity index (χ0n) is 10.5. The van der Waals surface area contributed by atoms with E-state index in [0.29, 0.717) is 17.8 Å². The second-order valence-corrected chi connectivity index (χ2v) is 5.26. The highest BCUT2D eigenvalue weighted by molar-refractivity contribution is 5.75. The summed E-state index contributed by atoms with van der Waals surface area (Å²) in [6.07, 6.45) is 4.33. The van der Waals surface area contributed by atoms with Crippen molar-refractivity contribution >= 4 is 5.91 Å². The molecule has 1 aromatic rings. The summed E-state index contributed by atoms with van der Waals surface area (Å²) in [7, 11) is 0. The van der Waals surface area contributed by atoms with Gasteiger partial charge in [0.25, 0.3) is 0 Å². The van der Waals surface area contributed by atoms with E-state index in [4.69, 9.17) is 0 Å². The molecule has 88 valence electrons. The van der Waals surface area contributed by atoms with Crippen LogP contribution in [0.1, 0.15) is 68.4 Å². The van der Waals surface area contributed by atoms with Crippen molar-refractivity contribution in [2.75, 3.05) is 0 Å². The first-order valence-corrected chi connectivity index (χ1v) is 6.11. The van der Waals surface area contributed by atoms with Crippen molar-refractivity contribution in [2.45, 2.75) is 52.4 Å². The minimum atomic E-state index is 0.00380. The molecule has 0 saturated carbocycles. The van der Waals surface area contributed by atoms with Crippen molar-refractivity contribution < 1.29 is 4.79 Å². The Labute approximate surface area is 96.8 Å². The summed E-state index contributed by atoms with van der Waals surface area (Å²) in [5.74, 6) is 1.66. The molecule has 3 nitrogen and oxygen atoms in total. The Morgan fingerprint density at radius 1 is 1.50 bits per heavy atom. The molecule has 1 aliphatic rings. The first kappa shape index (κ1) is 11.4. The normalized spacial score (nSPS) is 24.6. The summed E-state index contributed by atoms with van der Waals surface area (Å²) < 4.78 is 1.50. The van der Waals surface area contributed by atoms with Gasteiger partial charge in [-0.15, -0.1) is 0 Å². The maximum atomic E-state index is 11.3. The maximum absolute atomic E-state index is 11.3. The van der Waals surface area contributed by atoms with Crippen LogP contribution in [0.3, 0.4) is 0 Å². The van der Waals surface area contributed by atoms with Crippen molar-refractivity contribution in [3.63, 3.8) is 0 Å². The third kappa shape index (κ3) is 1.79. The third-order valence-corrected chi connectivity index (χ3v) is 3.69. The van der Waals surface area contributed by atoms with Crippen molar-refractivity contribution in [1.82, 2.24) is 9.78 Å². The van der Waals surface area contributed by atoms with Crippen LogP contribution in [0.4, 0.5) is 0 Å². The van der Waals surface area contributed by atoms with Crippen LogP contribution in [0.2, 0.25) is 0 Å². The number of hydrogen-bond donors (Lipinski definition) is 0. The molecule has 0 bridgehead atoms. The molecular formula is C13H20N2O. The fourth-order valence-corrected chi connectivity index (χ4v) is 2.60. The third-order valence-electron chi connectivity index (χ3n) is 3.69. The molecule has 1 aromatic heterocycles. The molecule has 0 fully saturated rings. The molecule has 1 heterocycles. The molecule has 0 spiro atoms. The molecule has 0 amide bonds. The molecule has 0 radical (unpaired) electrons. The number of carbonyl (C=O) groups is 1. The fraction of sp³-hybridized carbons (Fsp3) is 0.692. The van der Waals surface area contributed by atoms with E-state index in [1.54, 1.807) is 6.92 Å². The van der Waals surface area contributed by atoms with Crippen LogP contribution in [0.15, 0.2) is 6.20 Å². The van der Waals surface area contributed by atoms with E-state index in [1.807, 2.05) is 6.20 Å². The Bertz CT molecular complexity index is 406. The number of fused-ring (bicyclic) bond motifs is 1. The van der Waals surface area contributed by atoms with Crippen LogP contribution in [0.25, 0.3) is 0 Å². The van der Waals surface area contributed by atoms with Crippen molar-refractivity contribution in [3.8, 4) is 0 Å². The molecule has 0 unspecified atom stereocenters. The molecule has 16 heavy (non-hydrogen) atoms. The number of carbonyl (C=O) groups excluding carboxylic acids is 1. The summed E-state index contributed by atoms with van der Waals surface area (Å²) >= 11 is 0. The van der Waals surface area contributed by atoms with Gasteiger partial charge in [0, 0.05) is 19.0 Å². The lowest BCUT2D eigenvalue weighted by Gasteiger charge is -2.27. The molecule has 0 N–H and O–H groups in total. The summed E-state index contributed by atoms with van der Waals surface area (Å²) in [5.41, 5.74) is 2.43. The van der Waals surface area contributed by atoms with Gasteiger partial charge < -0.3 is 0 Å². The monoisotopic (exact) mass is 220 g/mol. The largest absolute Gasteiger partial charge is 0.273 e. The van der Waals surface area contributed by atoms with E-state index in [-0.39, 0.29) is 5.91 Å². The van der Waals surface area contributed by atoms with Crippen LogP contribution < -0.4 is 0 Å². The van der Waals surface area contributed by atoms with Gasteiger partial charge >= 0.3 is 0 Å². The molecule has 0 saturated heterocycles.